The standard InChI is InChI=1S/C20H29FN4O3/c1-28-20(7-10-22-11-8-20)19(27)23-9-6-18(26)25-14-12-24(13-15-25)17-4-2-16(21)3-5-17/h2-5,22H,6-15H2,1H3,(H,23,27). The van der Waals surface area contributed by atoms with E-state index in [9.17, 15) is 14.0 Å². The summed E-state index contributed by atoms with van der Waals surface area (Å²) in [6.45, 7) is 4.48. The number of piperidine rings is 1. The third-order valence-electron chi connectivity index (χ3n) is 5.66. The minimum atomic E-state index is -0.783. The van der Waals surface area contributed by atoms with Crippen molar-refractivity contribution in [1.82, 2.24) is 15.5 Å². The normalized spacial score (nSPS) is 19.4. The molecule has 0 atom stereocenters. The van der Waals surface area contributed by atoms with Crippen molar-refractivity contribution in [2.45, 2.75) is 24.9 Å². The van der Waals surface area contributed by atoms with Gasteiger partial charge in [-0.3, -0.25) is 9.59 Å². The van der Waals surface area contributed by atoms with E-state index in [-0.39, 0.29) is 24.1 Å². The van der Waals surface area contributed by atoms with Crippen molar-refractivity contribution in [2.75, 3.05) is 57.8 Å². The number of carbonyl (C=O) groups excluding carboxylic acids is 2. The van der Waals surface area contributed by atoms with Crippen LogP contribution < -0.4 is 15.5 Å². The topological polar surface area (TPSA) is 73.9 Å². The lowest BCUT2D eigenvalue weighted by Gasteiger charge is -2.36. The number of anilines is 1. The highest BCUT2D eigenvalue weighted by atomic mass is 19.1. The second-order valence-corrected chi connectivity index (χ2v) is 7.30. The second-order valence-electron chi connectivity index (χ2n) is 7.30. The molecule has 2 heterocycles. The van der Waals surface area contributed by atoms with Gasteiger partial charge in [0, 0.05) is 51.9 Å². The van der Waals surface area contributed by atoms with Crippen LogP contribution in [0.25, 0.3) is 0 Å². The van der Waals surface area contributed by atoms with Crippen LogP contribution in [0, 0.1) is 5.82 Å². The first-order valence-corrected chi connectivity index (χ1v) is 9.86. The van der Waals surface area contributed by atoms with Gasteiger partial charge >= 0.3 is 0 Å². The second kappa shape index (κ2) is 9.34. The van der Waals surface area contributed by atoms with E-state index in [0.29, 0.717) is 45.6 Å². The highest BCUT2D eigenvalue weighted by Crippen LogP contribution is 2.22. The van der Waals surface area contributed by atoms with Crippen LogP contribution in [-0.2, 0) is 14.3 Å². The molecule has 3 rings (SSSR count). The Kier molecular flexibility index (Phi) is 6.85. The monoisotopic (exact) mass is 392 g/mol. The number of amides is 2. The molecule has 0 radical (unpaired) electrons. The van der Waals surface area contributed by atoms with Crippen LogP contribution in [0.3, 0.4) is 0 Å². The predicted octanol–water partition coefficient (Wildman–Crippen LogP) is 0.749. The van der Waals surface area contributed by atoms with Crippen molar-refractivity contribution in [2.24, 2.45) is 0 Å². The molecule has 154 valence electrons. The first kappa shape index (κ1) is 20.5. The highest BCUT2D eigenvalue weighted by Gasteiger charge is 2.39. The number of rotatable bonds is 6. The number of ether oxygens (including phenoxy) is 1. The van der Waals surface area contributed by atoms with Gasteiger partial charge in [-0.1, -0.05) is 0 Å². The zero-order valence-electron chi connectivity index (χ0n) is 16.4. The van der Waals surface area contributed by atoms with Crippen LogP contribution in [0.15, 0.2) is 24.3 Å². The van der Waals surface area contributed by atoms with Crippen molar-refractivity contribution in [3.8, 4) is 0 Å². The molecule has 0 bridgehead atoms. The summed E-state index contributed by atoms with van der Waals surface area (Å²) in [6, 6.07) is 6.42. The SMILES string of the molecule is COC1(C(=O)NCCC(=O)N2CCN(c3ccc(F)cc3)CC2)CCNCC1. The molecule has 8 heteroatoms. The Morgan fingerprint density at radius 3 is 2.39 bits per heavy atom. The zero-order chi connectivity index (χ0) is 20.0. The van der Waals surface area contributed by atoms with Gasteiger partial charge < -0.3 is 25.2 Å². The molecule has 2 fully saturated rings. The van der Waals surface area contributed by atoms with Crippen LogP contribution >= 0.6 is 0 Å². The lowest BCUT2D eigenvalue weighted by atomic mass is 9.91. The average molecular weight is 392 g/mol. The molecular formula is C20H29FN4O3. The smallest absolute Gasteiger partial charge is 0.252 e. The molecule has 2 aliphatic rings. The predicted molar refractivity (Wildman–Crippen MR) is 105 cm³/mol. The molecule has 28 heavy (non-hydrogen) atoms. The molecule has 0 unspecified atom stereocenters. The van der Waals surface area contributed by atoms with Gasteiger partial charge in [-0.05, 0) is 50.2 Å². The lowest BCUT2D eigenvalue weighted by molar-refractivity contribution is -0.146. The minimum Gasteiger partial charge on any atom is -0.368 e. The van der Waals surface area contributed by atoms with Crippen molar-refractivity contribution < 1.29 is 18.7 Å². The zero-order valence-corrected chi connectivity index (χ0v) is 16.4. The third-order valence-corrected chi connectivity index (χ3v) is 5.66. The van der Waals surface area contributed by atoms with E-state index < -0.39 is 5.60 Å². The maximum Gasteiger partial charge on any atom is 0.252 e. The largest absolute Gasteiger partial charge is 0.368 e. The number of halogens is 1. The van der Waals surface area contributed by atoms with Gasteiger partial charge in [-0.15, -0.1) is 0 Å². The summed E-state index contributed by atoms with van der Waals surface area (Å²) in [6.07, 6.45) is 1.55. The number of hydrogen-bond acceptors (Lipinski definition) is 5. The van der Waals surface area contributed by atoms with Gasteiger partial charge in [-0.2, -0.15) is 0 Å². The van der Waals surface area contributed by atoms with Crippen LogP contribution in [-0.4, -0.2) is 75.2 Å². The van der Waals surface area contributed by atoms with Crippen molar-refractivity contribution >= 4 is 17.5 Å². The van der Waals surface area contributed by atoms with Crippen molar-refractivity contribution in [3.05, 3.63) is 30.1 Å². The van der Waals surface area contributed by atoms with Crippen LogP contribution in [0.4, 0.5) is 10.1 Å². The maximum atomic E-state index is 13.1. The van der Waals surface area contributed by atoms with Crippen molar-refractivity contribution in [3.63, 3.8) is 0 Å². The molecule has 2 saturated heterocycles. The Morgan fingerprint density at radius 2 is 1.79 bits per heavy atom. The first-order valence-electron chi connectivity index (χ1n) is 9.86. The summed E-state index contributed by atoms with van der Waals surface area (Å²) in [5, 5.41) is 6.09. The average Bonchev–Trinajstić information content (AvgIpc) is 2.74. The van der Waals surface area contributed by atoms with Gasteiger partial charge in [-0.25, -0.2) is 4.39 Å². The molecule has 0 aliphatic carbocycles. The van der Waals surface area contributed by atoms with Crippen LogP contribution in [0.5, 0.6) is 0 Å². The fraction of sp³-hybridized carbons (Fsp3) is 0.600. The minimum absolute atomic E-state index is 0.0378. The van der Waals surface area contributed by atoms with Crippen LogP contribution in [0.2, 0.25) is 0 Å². The van der Waals surface area contributed by atoms with E-state index in [1.807, 2.05) is 4.90 Å². The fourth-order valence-corrected chi connectivity index (χ4v) is 3.82. The molecule has 1 aromatic rings. The molecule has 7 nitrogen and oxygen atoms in total. The number of nitrogens with zero attached hydrogens (tertiary/aromatic N) is 2. The molecule has 0 saturated carbocycles. The van der Waals surface area contributed by atoms with E-state index in [4.69, 9.17) is 4.74 Å². The van der Waals surface area contributed by atoms with E-state index in [1.54, 1.807) is 19.2 Å². The molecule has 1 aromatic carbocycles. The number of hydrogen-bond donors (Lipinski definition) is 2. The molecule has 2 amide bonds. The summed E-state index contributed by atoms with van der Waals surface area (Å²) >= 11 is 0. The molecule has 2 aliphatic heterocycles. The Balaban J connectivity index is 1.41. The highest BCUT2D eigenvalue weighted by molar-refractivity contribution is 5.86. The maximum absolute atomic E-state index is 13.1. The summed E-state index contributed by atoms with van der Waals surface area (Å²) in [5.74, 6) is -0.347. The van der Waals surface area contributed by atoms with Gasteiger partial charge in [0.05, 0.1) is 0 Å². The number of carbonyl (C=O) groups is 2. The van der Waals surface area contributed by atoms with E-state index in [2.05, 4.69) is 15.5 Å². The van der Waals surface area contributed by atoms with E-state index in [0.717, 1.165) is 18.8 Å². The molecule has 2 N–H and O–H groups in total. The van der Waals surface area contributed by atoms with Gasteiger partial charge in [0.1, 0.15) is 11.4 Å². The van der Waals surface area contributed by atoms with Gasteiger partial charge in [0.15, 0.2) is 0 Å². The third kappa shape index (κ3) is 4.80. The number of methoxy groups -OCH3 is 1. The fourth-order valence-electron chi connectivity index (χ4n) is 3.82. The van der Waals surface area contributed by atoms with Gasteiger partial charge in [0.2, 0.25) is 5.91 Å². The Labute approximate surface area is 165 Å². The number of benzene rings is 1. The quantitative estimate of drug-likeness (QED) is 0.747. The molecule has 0 spiro atoms. The number of nitrogens with one attached hydrogen (secondary N) is 2. The van der Waals surface area contributed by atoms with Crippen LogP contribution in [0.1, 0.15) is 19.3 Å². The van der Waals surface area contributed by atoms with E-state index in [1.165, 1.54) is 12.1 Å². The molecular weight excluding hydrogens is 363 g/mol. The summed E-state index contributed by atoms with van der Waals surface area (Å²) < 4.78 is 18.5. The summed E-state index contributed by atoms with van der Waals surface area (Å²) in [4.78, 5) is 28.9. The lowest BCUT2D eigenvalue weighted by Crippen LogP contribution is -2.54. The van der Waals surface area contributed by atoms with E-state index >= 15 is 0 Å². The van der Waals surface area contributed by atoms with Crippen molar-refractivity contribution in [1.29, 1.82) is 0 Å². The Morgan fingerprint density at radius 1 is 1.14 bits per heavy atom. The Bertz CT molecular complexity index is 669. The van der Waals surface area contributed by atoms with Gasteiger partial charge in [0.25, 0.3) is 5.91 Å². The first-order chi connectivity index (χ1) is 13.5. The summed E-state index contributed by atoms with van der Waals surface area (Å²) in [5.41, 5.74) is 0.183. The number of piperazine rings is 1. The molecule has 0 aromatic heterocycles. The Hall–Kier alpha value is -2.19. The summed E-state index contributed by atoms with van der Waals surface area (Å²) in [7, 11) is 1.57.